The predicted molar refractivity (Wildman–Crippen MR) is 130 cm³/mol. The van der Waals surface area contributed by atoms with Crippen LogP contribution in [0.2, 0.25) is 0 Å². The third-order valence-electron chi connectivity index (χ3n) is 6.81. The Bertz CT molecular complexity index is 1060. The van der Waals surface area contributed by atoms with Gasteiger partial charge in [-0.2, -0.15) is 0 Å². The summed E-state index contributed by atoms with van der Waals surface area (Å²) in [5, 5.41) is 22.1. The molecule has 1 fully saturated rings. The number of fused-ring (bicyclic) bond motifs is 3. The molecule has 3 N–H and O–H groups in total. The molecule has 2 aromatic carbocycles. The summed E-state index contributed by atoms with van der Waals surface area (Å²) in [6.07, 6.45) is -0.641. The van der Waals surface area contributed by atoms with Gasteiger partial charge in [-0.15, -0.1) is 0 Å². The first kappa shape index (κ1) is 24.7. The molecule has 2 aliphatic rings. The molecule has 35 heavy (non-hydrogen) atoms. The highest BCUT2D eigenvalue weighted by atomic mass is 16.5. The van der Waals surface area contributed by atoms with Crippen LogP contribution in [0, 0.1) is 5.92 Å². The van der Waals surface area contributed by atoms with Gasteiger partial charge in [-0.25, -0.2) is 9.59 Å². The molecule has 1 aliphatic heterocycles. The van der Waals surface area contributed by atoms with Crippen molar-refractivity contribution in [2.24, 2.45) is 5.92 Å². The number of aliphatic hydroxyl groups is 1. The second kappa shape index (κ2) is 10.5. The van der Waals surface area contributed by atoms with Crippen LogP contribution in [0.25, 0.3) is 11.1 Å². The number of amides is 2. The molecule has 3 atom stereocenters. The summed E-state index contributed by atoms with van der Waals surface area (Å²) in [6, 6.07) is 14.0. The van der Waals surface area contributed by atoms with Gasteiger partial charge in [-0.1, -0.05) is 62.4 Å². The van der Waals surface area contributed by atoms with E-state index in [1.54, 1.807) is 0 Å². The average Bonchev–Trinajstić information content (AvgIpc) is 3.38. The Morgan fingerprint density at radius 3 is 2.20 bits per heavy atom. The molecule has 2 amide bonds. The predicted octanol–water partition coefficient (Wildman–Crippen LogP) is 3.38. The number of benzene rings is 2. The Hall–Kier alpha value is -3.39. The molecule has 2 aromatic rings. The number of aliphatic hydroxyl groups excluding tert-OH is 1. The van der Waals surface area contributed by atoms with E-state index in [4.69, 9.17) is 4.74 Å². The standard InChI is InChI=1S/C27H32N2O6/c1-16(2)11-12-23(25(31)29-14-17(30)13-24(29)26(32)33)28-27(34)35-15-22-20-9-5-3-7-18(20)19-8-4-6-10-21(19)22/h3-10,16-17,22-24,30H,11-15H2,1-2H3,(H,28,34)(H,32,33)/t17-,23?,24-/m0/s1. The van der Waals surface area contributed by atoms with Crippen LogP contribution in [-0.2, 0) is 14.3 Å². The van der Waals surface area contributed by atoms with E-state index in [2.05, 4.69) is 17.4 Å². The molecule has 0 bridgehead atoms. The molecule has 1 unspecified atom stereocenters. The topological polar surface area (TPSA) is 116 Å². The van der Waals surface area contributed by atoms with Gasteiger partial charge in [-0.3, -0.25) is 4.79 Å². The third kappa shape index (κ3) is 5.32. The molecule has 1 aliphatic carbocycles. The van der Waals surface area contributed by atoms with E-state index in [0.717, 1.165) is 27.2 Å². The van der Waals surface area contributed by atoms with Crippen molar-refractivity contribution in [3.63, 3.8) is 0 Å². The van der Waals surface area contributed by atoms with E-state index in [9.17, 15) is 24.6 Å². The molecule has 1 heterocycles. The monoisotopic (exact) mass is 480 g/mol. The van der Waals surface area contributed by atoms with Crippen LogP contribution in [0.15, 0.2) is 48.5 Å². The molecule has 1 saturated heterocycles. The molecular formula is C27H32N2O6. The van der Waals surface area contributed by atoms with E-state index in [1.165, 1.54) is 0 Å². The Labute approximate surface area is 204 Å². The second-order valence-electron chi connectivity index (χ2n) is 9.73. The summed E-state index contributed by atoms with van der Waals surface area (Å²) < 4.78 is 5.60. The molecular weight excluding hydrogens is 448 g/mol. The van der Waals surface area contributed by atoms with Crippen LogP contribution in [0.3, 0.4) is 0 Å². The van der Waals surface area contributed by atoms with Crippen LogP contribution >= 0.6 is 0 Å². The fourth-order valence-electron chi connectivity index (χ4n) is 5.03. The average molecular weight is 481 g/mol. The maximum atomic E-state index is 13.2. The SMILES string of the molecule is CC(C)CCC(NC(=O)OCC1c2ccccc2-c2ccccc21)C(=O)N1C[C@@H](O)C[C@H]1C(=O)O. The highest BCUT2D eigenvalue weighted by molar-refractivity contribution is 5.90. The summed E-state index contributed by atoms with van der Waals surface area (Å²) in [6.45, 7) is 4.06. The Morgan fingerprint density at radius 1 is 1.03 bits per heavy atom. The van der Waals surface area contributed by atoms with Crippen molar-refractivity contribution in [2.75, 3.05) is 13.2 Å². The molecule has 8 nitrogen and oxygen atoms in total. The third-order valence-corrected chi connectivity index (χ3v) is 6.81. The number of carboxylic acid groups (broad SMARTS) is 1. The highest BCUT2D eigenvalue weighted by Gasteiger charge is 2.41. The zero-order valence-electron chi connectivity index (χ0n) is 20.0. The number of carboxylic acids is 1. The highest BCUT2D eigenvalue weighted by Crippen LogP contribution is 2.44. The molecule has 0 saturated carbocycles. The van der Waals surface area contributed by atoms with Crippen LogP contribution in [0.4, 0.5) is 4.79 Å². The molecule has 4 rings (SSSR count). The number of hydrogen-bond donors (Lipinski definition) is 3. The van der Waals surface area contributed by atoms with E-state index in [-0.39, 0.29) is 31.4 Å². The molecule has 0 spiro atoms. The number of nitrogens with one attached hydrogen (secondary N) is 1. The Balaban J connectivity index is 1.45. The number of likely N-dealkylation sites (tertiary alicyclic amines) is 1. The molecule has 0 aromatic heterocycles. The van der Waals surface area contributed by atoms with Gasteiger partial charge < -0.3 is 25.2 Å². The molecule has 186 valence electrons. The van der Waals surface area contributed by atoms with Gasteiger partial charge in [0.15, 0.2) is 0 Å². The number of ether oxygens (including phenoxy) is 1. The first-order valence-corrected chi connectivity index (χ1v) is 12.1. The summed E-state index contributed by atoms with van der Waals surface area (Å²) in [5.41, 5.74) is 4.41. The maximum absolute atomic E-state index is 13.2. The normalized spacial score (nSPS) is 19.8. The van der Waals surface area contributed by atoms with E-state index in [1.807, 2.05) is 50.2 Å². The lowest BCUT2D eigenvalue weighted by atomic mass is 9.98. The summed E-state index contributed by atoms with van der Waals surface area (Å²) >= 11 is 0. The number of hydrogen-bond acceptors (Lipinski definition) is 5. The number of β-amino-alcohol motifs (C(OH)–C–C–N with tert-alkyl or cyclic N) is 1. The van der Waals surface area contributed by atoms with E-state index < -0.39 is 36.2 Å². The first-order chi connectivity index (χ1) is 16.8. The molecule has 0 radical (unpaired) electrons. The van der Waals surface area contributed by atoms with Gasteiger partial charge in [0.1, 0.15) is 18.7 Å². The van der Waals surface area contributed by atoms with Crippen LogP contribution < -0.4 is 5.32 Å². The van der Waals surface area contributed by atoms with Crippen LogP contribution in [-0.4, -0.2) is 64.4 Å². The van der Waals surface area contributed by atoms with Gasteiger partial charge in [-0.05, 0) is 41.0 Å². The number of rotatable bonds is 8. The minimum Gasteiger partial charge on any atom is -0.480 e. The summed E-state index contributed by atoms with van der Waals surface area (Å²) in [7, 11) is 0. The van der Waals surface area contributed by atoms with Crippen molar-refractivity contribution >= 4 is 18.0 Å². The fourth-order valence-corrected chi connectivity index (χ4v) is 5.03. The number of carbonyl (C=O) groups excluding carboxylic acids is 2. The number of carbonyl (C=O) groups is 3. The minimum absolute atomic E-state index is 0.0249. The lowest BCUT2D eigenvalue weighted by molar-refractivity contribution is -0.149. The number of alkyl carbamates (subject to hydrolysis) is 1. The Kier molecular flexibility index (Phi) is 7.40. The van der Waals surface area contributed by atoms with E-state index in [0.29, 0.717) is 12.8 Å². The van der Waals surface area contributed by atoms with Crippen molar-refractivity contribution < 1.29 is 29.3 Å². The number of nitrogens with zero attached hydrogens (tertiary/aromatic N) is 1. The lowest BCUT2D eigenvalue weighted by Gasteiger charge is -2.27. The summed E-state index contributed by atoms with van der Waals surface area (Å²) in [5.74, 6) is -1.50. The van der Waals surface area contributed by atoms with Crippen LogP contribution in [0.1, 0.15) is 50.2 Å². The van der Waals surface area contributed by atoms with Crippen molar-refractivity contribution in [3.8, 4) is 11.1 Å². The van der Waals surface area contributed by atoms with Gasteiger partial charge in [0.25, 0.3) is 0 Å². The van der Waals surface area contributed by atoms with Crippen molar-refractivity contribution in [1.82, 2.24) is 10.2 Å². The zero-order valence-corrected chi connectivity index (χ0v) is 20.0. The van der Waals surface area contributed by atoms with Gasteiger partial charge >= 0.3 is 12.1 Å². The fraction of sp³-hybridized carbons (Fsp3) is 0.444. The summed E-state index contributed by atoms with van der Waals surface area (Å²) in [4.78, 5) is 38.8. The second-order valence-corrected chi connectivity index (χ2v) is 9.73. The van der Waals surface area contributed by atoms with Crippen molar-refractivity contribution in [2.45, 2.75) is 57.2 Å². The first-order valence-electron chi connectivity index (χ1n) is 12.1. The molecule has 8 heteroatoms. The van der Waals surface area contributed by atoms with Crippen molar-refractivity contribution in [1.29, 1.82) is 0 Å². The van der Waals surface area contributed by atoms with Gasteiger partial charge in [0.2, 0.25) is 5.91 Å². The van der Waals surface area contributed by atoms with Gasteiger partial charge in [0, 0.05) is 18.9 Å². The number of aliphatic carboxylic acids is 1. The van der Waals surface area contributed by atoms with Crippen molar-refractivity contribution in [3.05, 3.63) is 59.7 Å². The Morgan fingerprint density at radius 2 is 1.63 bits per heavy atom. The largest absolute Gasteiger partial charge is 0.480 e. The van der Waals surface area contributed by atoms with Gasteiger partial charge in [0.05, 0.1) is 6.10 Å². The minimum atomic E-state index is -1.17. The maximum Gasteiger partial charge on any atom is 0.407 e. The smallest absolute Gasteiger partial charge is 0.407 e. The quantitative estimate of drug-likeness (QED) is 0.534. The van der Waals surface area contributed by atoms with E-state index >= 15 is 0 Å². The zero-order chi connectivity index (χ0) is 25.1. The lowest BCUT2D eigenvalue weighted by Crippen LogP contribution is -2.52. The van der Waals surface area contributed by atoms with Crippen LogP contribution in [0.5, 0.6) is 0 Å².